The van der Waals surface area contributed by atoms with E-state index >= 15 is 0 Å². The number of hydrogen-bond donors (Lipinski definition) is 0. The van der Waals surface area contributed by atoms with Crippen molar-refractivity contribution in [3.05, 3.63) is 76.0 Å². The van der Waals surface area contributed by atoms with Crippen molar-refractivity contribution >= 4 is 17.2 Å². The van der Waals surface area contributed by atoms with Gasteiger partial charge in [0.2, 0.25) is 5.91 Å². The lowest BCUT2D eigenvalue weighted by atomic mass is 10.0. The molecule has 0 aliphatic carbocycles. The lowest BCUT2D eigenvalue weighted by Crippen LogP contribution is -2.41. The summed E-state index contributed by atoms with van der Waals surface area (Å²) in [5, 5.41) is 0. The quantitative estimate of drug-likeness (QED) is 0.733. The highest BCUT2D eigenvalue weighted by atomic mass is 32.1. The Labute approximate surface area is 145 Å². The fraction of sp³-hybridized carbons (Fsp3) is 0.263. The van der Waals surface area contributed by atoms with Gasteiger partial charge in [-0.15, -0.1) is 11.3 Å². The summed E-state index contributed by atoms with van der Waals surface area (Å²) in [6.07, 6.45) is 4.27. The van der Waals surface area contributed by atoms with Crippen LogP contribution in [-0.4, -0.2) is 20.4 Å². The third-order valence-electron chi connectivity index (χ3n) is 4.49. The first-order chi connectivity index (χ1) is 11.7. The Morgan fingerprint density at radius 2 is 2.08 bits per heavy atom. The highest BCUT2D eigenvalue weighted by Gasteiger charge is 2.31. The molecule has 1 aliphatic heterocycles. The van der Waals surface area contributed by atoms with Gasteiger partial charge in [-0.2, -0.15) is 0 Å². The summed E-state index contributed by atoms with van der Waals surface area (Å²) < 4.78 is 2.15. The molecule has 1 aromatic carbocycles. The Morgan fingerprint density at radius 1 is 1.25 bits per heavy atom. The number of aromatic nitrogens is 2. The second kappa shape index (κ2) is 6.24. The van der Waals surface area contributed by atoms with Gasteiger partial charge in [0.15, 0.2) is 0 Å². The lowest BCUT2D eigenvalue weighted by Gasteiger charge is -2.36. The van der Waals surface area contributed by atoms with Crippen molar-refractivity contribution in [1.29, 1.82) is 0 Å². The maximum Gasteiger partial charge on any atom is 0.228 e. The number of fused-ring (bicyclic) bond motifs is 1. The minimum Gasteiger partial charge on any atom is -0.331 e. The van der Waals surface area contributed by atoms with E-state index in [1.54, 1.807) is 11.3 Å². The molecule has 0 spiro atoms. The molecular formula is C19H19N3OS. The number of thiophene rings is 1. The minimum absolute atomic E-state index is 0.0569. The molecule has 0 saturated heterocycles. The van der Waals surface area contributed by atoms with Crippen molar-refractivity contribution in [3.8, 4) is 0 Å². The molecule has 0 saturated carbocycles. The van der Waals surface area contributed by atoms with E-state index in [1.807, 2.05) is 35.5 Å². The monoisotopic (exact) mass is 337 g/mol. The van der Waals surface area contributed by atoms with Crippen molar-refractivity contribution < 1.29 is 4.79 Å². The average Bonchev–Trinajstić information content (AvgIpc) is 3.22. The molecule has 122 valence electrons. The largest absolute Gasteiger partial charge is 0.331 e. The first-order valence-corrected chi connectivity index (χ1v) is 8.92. The van der Waals surface area contributed by atoms with E-state index in [0.717, 1.165) is 17.2 Å². The molecule has 0 bridgehead atoms. The van der Waals surface area contributed by atoms with Gasteiger partial charge in [0.25, 0.3) is 0 Å². The summed E-state index contributed by atoms with van der Waals surface area (Å²) in [6.45, 7) is 3.40. The molecule has 0 radical (unpaired) electrons. The summed E-state index contributed by atoms with van der Waals surface area (Å²) in [4.78, 5) is 21.7. The maximum atomic E-state index is 13.0. The van der Waals surface area contributed by atoms with Gasteiger partial charge in [0.05, 0.1) is 19.0 Å². The first kappa shape index (κ1) is 15.1. The molecule has 4 rings (SSSR count). The second-order valence-electron chi connectivity index (χ2n) is 6.13. The molecule has 4 nitrogen and oxygen atoms in total. The molecule has 3 heterocycles. The summed E-state index contributed by atoms with van der Waals surface area (Å²) >= 11 is 1.70. The number of nitrogens with zero attached hydrogens (tertiary/aromatic N) is 3. The fourth-order valence-electron chi connectivity index (χ4n) is 3.26. The van der Waals surface area contributed by atoms with Crippen molar-refractivity contribution in [2.24, 2.45) is 0 Å². The standard InChI is InChI=1S/C19H19N3OS/c1-14-7-8-16(24-14)11-19(23)22-13-18-20-9-10-21(18)12-17(22)15-5-3-2-4-6-15/h2-10,17H,11-13H2,1H3/t17-/m0/s1. The molecule has 3 aromatic rings. The predicted molar refractivity (Wildman–Crippen MR) is 94.7 cm³/mol. The Hall–Kier alpha value is -2.40. The zero-order chi connectivity index (χ0) is 16.5. The van der Waals surface area contributed by atoms with E-state index in [-0.39, 0.29) is 11.9 Å². The van der Waals surface area contributed by atoms with Gasteiger partial charge in [0, 0.05) is 28.7 Å². The number of imidazole rings is 1. The highest BCUT2D eigenvalue weighted by Crippen LogP contribution is 2.30. The Morgan fingerprint density at radius 3 is 2.83 bits per heavy atom. The van der Waals surface area contributed by atoms with Crippen LogP contribution in [0.15, 0.2) is 54.9 Å². The van der Waals surface area contributed by atoms with Crippen LogP contribution in [0.1, 0.15) is 27.2 Å². The van der Waals surface area contributed by atoms with Crippen molar-refractivity contribution in [2.45, 2.75) is 32.5 Å². The molecule has 5 heteroatoms. The van der Waals surface area contributed by atoms with Gasteiger partial charge in [-0.3, -0.25) is 4.79 Å². The van der Waals surface area contributed by atoms with Crippen LogP contribution in [0.2, 0.25) is 0 Å². The van der Waals surface area contributed by atoms with Crippen LogP contribution in [0.4, 0.5) is 0 Å². The molecular weight excluding hydrogens is 318 g/mol. The number of carbonyl (C=O) groups excluding carboxylic acids is 1. The maximum absolute atomic E-state index is 13.0. The molecule has 0 fully saturated rings. The summed E-state index contributed by atoms with van der Waals surface area (Å²) in [7, 11) is 0. The fourth-order valence-corrected chi connectivity index (χ4v) is 4.14. The number of hydrogen-bond acceptors (Lipinski definition) is 3. The number of aryl methyl sites for hydroxylation is 1. The van der Waals surface area contributed by atoms with Crippen LogP contribution in [-0.2, 0) is 24.3 Å². The topological polar surface area (TPSA) is 38.1 Å². The molecule has 24 heavy (non-hydrogen) atoms. The third-order valence-corrected chi connectivity index (χ3v) is 5.49. The van der Waals surface area contributed by atoms with Gasteiger partial charge < -0.3 is 9.47 Å². The normalized spacial score (nSPS) is 16.9. The summed E-state index contributed by atoms with van der Waals surface area (Å²) in [5.74, 6) is 1.12. The van der Waals surface area contributed by atoms with Gasteiger partial charge in [-0.25, -0.2) is 4.98 Å². The minimum atomic E-state index is 0.0569. The van der Waals surface area contributed by atoms with E-state index in [1.165, 1.54) is 10.4 Å². The van der Waals surface area contributed by atoms with Gasteiger partial charge >= 0.3 is 0 Å². The van der Waals surface area contributed by atoms with Gasteiger partial charge in [-0.1, -0.05) is 30.3 Å². The Balaban J connectivity index is 1.64. The third kappa shape index (κ3) is 2.87. The average molecular weight is 337 g/mol. The zero-order valence-corrected chi connectivity index (χ0v) is 14.4. The highest BCUT2D eigenvalue weighted by molar-refractivity contribution is 7.12. The first-order valence-electron chi connectivity index (χ1n) is 8.10. The van der Waals surface area contributed by atoms with Crippen molar-refractivity contribution in [2.75, 3.05) is 0 Å². The number of carbonyl (C=O) groups is 1. The van der Waals surface area contributed by atoms with E-state index in [4.69, 9.17) is 0 Å². The van der Waals surface area contributed by atoms with Crippen LogP contribution in [0.3, 0.4) is 0 Å². The SMILES string of the molecule is Cc1ccc(CC(=O)N2Cc3nccn3C[C@H]2c2ccccc2)s1. The van der Waals surface area contributed by atoms with Gasteiger partial charge in [-0.05, 0) is 24.6 Å². The van der Waals surface area contributed by atoms with E-state index < -0.39 is 0 Å². The molecule has 0 unspecified atom stereocenters. The lowest BCUT2D eigenvalue weighted by molar-refractivity contribution is -0.135. The number of amides is 1. The number of benzene rings is 1. The van der Waals surface area contributed by atoms with E-state index in [9.17, 15) is 4.79 Å². The second-order valence-corrected chi connectivity index (χ2v) is 7.51. The number of rotatable bonds is 3. The Bertz CT molecular complexity index is 852. The molecule has 1 aliphatic rings. The molecule has 1 atom stereocenters. The van der Waals surface area contributed by atoms with E-state index in [0.29, 0.717) is 13.0 Å². The predicted octanol–water partition coefficient (Wildman–Crippen LogP) is 3.58. The zero-order valence-electron chi connectivity index (χ0n) is 13.6. The van der Waals surface area contributed by atoms with Crippen LogP contribution >= 0.6 is 11.3 Å². The molecule has 0 N–H and O–H groups in total. The van der Waals surface area contributed by atoms with Crippen molar-refractivity contribution in [3.63, 3.8) is 0 Å². The summed E-state index contributed by atoms with van der Waals surface area (Å²) in [6, 6.07) is 14.5. The van der Waals surface area contributed by atoms with E-state index in [2.05, 4.69) is 40.7 Å². The van der Waals surface area contributed by atoms with Crippen molar-refractivity contribution in [1.82, 2.24) is 14.5 Å². The molecule has 1 amide bonds. The van der Waals surface area contributed by atoms with Crippen LogP contribution in [0, 0.1) is 6.92 Å². The van der Waals surface area contributed by atoms with Crippen LogP contribution < -0.4 is 0 Å². The summed E-state index contributed by atoms with van der Waals surface area (Å²) in [5.41, 5.74) is 1.17. The smallest absolute Gasteiger partial charge is 0.228 e. The van der Waals surface area contributed by atoms with Crippen LogP contribution in [0.25, 0.3) is 0 Å². The Kier molecular flexibility index (Phi) is 3.94. The molecule has 2 aromatic heterocycles. The van der Waals surface area contributed by atoms with Gasteiger partial charge in [0.1, 0.15) is 5.82 Å². The van der Waals surface area contributed by atoms with Crippen LogP contribution in [0.5, 0.6) is 0 Å².